The van der Waals surface area contributed by atoms with Gasteiger partial charge in [0.1, 0.15) is 18.1 Å². The SMILES string of the molecule is COc1cccc(C(=O)Nc2cccc(OCC(=O)C(C)(C)C)c2)c1. The zero-order valence-corrected chi connectivity index (χ0v) is 15.0. The van der Waals surface area contributed by atoms with E-state index in [1.807, 2.05) is 20.8 Å². The van der Waals surface area contributed by atoms with Crippen molar-refractivity contribution in [3.8, 4) is 11.5 Å². The zero-order valence-electron chi connectivity index (χ0n) is 15.0. The van der Waals surface area contributed by atoms with E-state index in [0.29, 0.717) is 22.7 Å². The van der Waals surface area contributed by atoms with Crippen LogP contribution in [0, 0.1) is 5.41 Å². The minimum absolute atomic E-state index is 0.00319. The van der Waals surface area contributed by atoms with Crippen LogP contribution in [0.15, 0.2) is 48.5 Å². The van der Waals surface area contributed by atoms with E-state index in [9.17, 15) is 9.59 Å². The van der Waals surface area contributed by atoms with Gasteiger partial charge >= 0.3 is 0 Å². The summed E-state index contributed by atoms with van der Waals surface area (Å²) in [4.78, 5) is 24.3. The predicted molar refractivity (Wildman–Crippen MR) is 97.3 cm³/mol. The Labute approximate surface area is 148 Å². The average molecular weight is 341 g/mol. The van der Waals surface area contributed by atoms with E-state index >= 15 is 0 Å². The number of methoxy groups -OCH3 is 1. The quantitative estimate of drug-likeness (QED) is 0.864. The van der Waals surface area contributed by atoms with Crippen LogP contribution in [0.1, 0.15) is 31.1 Å². The molecule has 1 N–H and O–H groups in total. The smallest absolute Gasteiger partial charge is 0.255 e. The maximum atomic E-state index is 12.3. The van der Waals surface area contributed by atoms with E-state index in [4.69, 9.17) is 9.47 Å². The van der Waals surface area contributed by atoms with Crippen LogP contribution < -0.4 is 14.8 Å². The lowest BCUT2D eigenvalue weighted by atomic mass is 9.91. The number of carbonyl (C=O) groups excluding carboxylic acids is 2. The van der Waals surface area contributed by atoms with Crippen molar-refractivity contribution in [1.82, 2.24) is 0 Å². The Morgan fingerprint density at radius 2 is 1.68 bits per heavy atom. The summed E-state index contributed by atoms with van der Waals surface area (Å²) in [6.07, 6.45) is 0. The molecule has 2 aromatic carbocycles. The van der Waals surface area contributed by atoms with E-state index in [-0.39, 0.29) is 18.3 Å². The van der Waals surface area contributed by atoms with Gasteiger partial charge < -0.3 is 14.8 Å². The number of Topliss-reactive ketones (excluding diaryl/α,β-unsaturated/α-hetero) is 1. The second kappa shape index (κ2) is 7.83. The lowest BCUT2D eigenvalue weighted by Crippen LogP contribution is -2.26. The third-order valence-electron chi connectivity index (χ3n) is 3.63. The highest BCUT2D eigenvalue weighted by atomic mass is 16.5. The molecule has 0 saturated heterocycles. The lowest BCUT2D eigenvalue weighted by molar-refractivity contribution is -0.128. The average Bonchev–Trinajstić information content (AvgIpc) is 2.59. The molecule has 25 heavy (non-hydrogen) atoms. The highest BCUT2D eigenvalue weighted by molar-refractivity contribution is 6.04. The minimum atomic E-state index is -0.446. The molecule has 2 aromatic rings. The Morgan fingerprint density at radius 1 is 1.00 bits per heavy atom. The van der Waals surface area contributed by atoms with Crippen molar-refractivity contribution in [3.05, 3.63) is 54.1 Å². The molecule has 132 valence electrons. The lowest BCUT2D eigenvalue weighted by Gasteiger charge is -2.17. The van der Waals surface area contributed by atoms with Gasteiger partial charge in [-0.2, -0.15) is 0 Å². The number of ether oxygens (including phenoxy) is 2. The Kier molecular flexibility index (Phi) is 5.80. The Hall–Kier alpha value is -2.82. The van der Waals surface area contributed by atoms with Gasteiger partial charge in [0, 0.05) is 22.7 Å². The first-order chi connectivity index (χ1) is 11.8. The molecule has 5 heteroatoms. The molecule has 0 aliphatic rings. The van der Waals surface area contributed by atoms with Gasteiger partial charge in [0.2, 0.25) is 0 Å². The molecule has 0 heterocycles. The molecular formula is C20H23NO4. The van der Waals surface area contributed by atoms with Gasteiger partial charge in [0.25, 0.3) is 5.91 Å². The summed E-state index contributed by atoms with van der Waals surface area (Å²) in [7, 11) is 1.55. The second-order valence-corrected chi connectivity index (χ2v) is 6.68. The van der Waals surface area contributed by atoms with Crippen molar-refractivity contribution < 1.29 is 19.1 Å². The van der Waals surface area contributed by atoms with E-state index < -0.39 is 5.41 Å². The standard InChI is InChI=1S/C20H23NO4/c1-20(2,3)18(22)13-25-17-10-6-8-15(12-17)21-19(23)14-7-5-9-16(11-14)24-4/h5-12H,13H2,1-4H3,(H,21,23). The van der Waals surface area contributed by atoms with Gasteiger partial charge in [-0.3, -0.25) is 9.59 Å². The molecule has 0 aliphatic carbocycles. The summed E-state index contributed by atoms with van der Waals surface area (Å²) < 4.78 is 10.7. The number of amides is 1. The van der Waals surface area contributed by atoms with Gasteiger partial charge in [0.05, 0.1) is 7.11 Å². The van der Waals surface area contributed by atoms with Crippen molar-refractivity contribution >= 4 is 17.4 Å². The summed E-state index contributed by atoms with van der Waals surface area (Å²) in [5.74, 6) is 0.909. The molecule has 0 unspecified atom stereocenters. The topological polar surface area (TPSA) is 64.6 Å². The fourth-order valence-electron chi connectivity index (χ4n) is 2.00. The third kappa shape index (κ3) is 5.35. The molecule has 0 aliphatic heterocycles. The monoisotopic (exact) mass is 341 g/mol. The van der Waals surface area contributed by atoms with Crippen LogP contribution in [0.2, 0.25) is 0 Å². The van der Waals surface area contributed by atoms with E-state index in [0.717, 1.165) is 0 Å². The molecule has 0 fully saturated rings. The van der Waals surface area contributed by atoms with Gasteiger partial charge in [-0.15, -0.1) is 0 Å². The first-order valence-electron chi connectivity index (χ1n) is 8.01. The van der Waals surface area contributed by atoms with Gasteiger partial charge in [-0.1, -0.05) is 32.9 Å². The maximum Gasteiger partial charge on any atom is 0.255 e. The summed E-state index contributed by atoms with van der Waals surface area (Å²) in [5, 5.41) is 2.81. The van der Waals surface area contributed by atoms with E-state index in [2.05, 4.69) is 5.32 Å². The normalized spacial score (nSPS) is 10.9. The van der Waals surface area contributed by atoms with Crippen LogP contribution in [0.5, 0.6) is 11.5 Å². The number of nitrogens with one attached hydrogen (secondary N) is 1. The van der Waals surface area contributed by atoms with Crippen molar-refractivity contribution in [3.63, 3.8) is 0 Å². The molecule has 0 radical (unpaired) electrons. The zero-order chi connectivity index (χ0) is 18.4. The number of hydrogen-bond acceptors (Lipinski definition) is 4. The molecule has 0 spiro atoms. The number of carbonyl (C=O) groups is 2. The number of ketones is 1. The van der Waals surface area contributed by atoms with Crippen LogP contribution in [0.3, 0.4) is 0 Å². The van der Waals surface area contributed by atoms with Crippen molar-refractivity contribution in [2.24, 2.45) is 5.41 Å². The molecule has 0 atom stereocenters. The fraction of sp³-hybridized carbons (Fsp3) is 0.300. The fourth-order valence-corrected chi connectivity index (χ4v) is 2.00. The van der Waals surface area contributed by atoms with Crippen LogP contribution in [0.25, 0.3) is 0 Å². The van der Waals surface area contributed by atoms with Crippen molar-refractivity contribution in [2.45, 2.75) is 20.8 Å². The summed E-state index contributed by atoms with van der Waals surface area (Å²) in [6, 6.07) is 13.9. The molecular weight excluding hydrogens is 318 g/mol. The van der Waals surface area contributed by atoms with Crippen LogP contribution in [-0.2, 0) is 4.79 Å². The minimum Gasteiger partial charge on any atom is -0.497 e. The number of rotatable bonds is 6. The van der Waals surface area contributed by atoms with E-state index in [1.165, 1.54) is 0 Å². The molecule has 0 aromatic heterocycles. The van der Waals surface area contributed by atoms with Gasteiger partial charge in [-0.25, -0.2) is 0 Å². The number of benzene rings is 2. The van der Waals surface area contributed by atoms with Crippen LogP contribution in [0.4, 0.5) is 5.69 Å². The molecule has 0 saturated carbocycles. The van der Waals surface area contributed by atoms with Gasteiger partial charge in [0.15, 0.2) is 5.78 Å². The van der Waals surface area contributed by atoms with E-state index in [1.54, 1.807) is 55.6 Å². The summed E-state index contributed by atoms with van der Waals surface area (Å²) >= 11 is 0. The van der Waals surface area contributed by atoms with Crippen LogP contribution in [-0.4, -0.2) is 25.4 Å². The van der Waals surface area contributed by atoms with Crippen LogP contribution >= 0.6 is 0 Å². The maximum absolute atomic E-state index is 12.3. The predicted octanol–water partition coefficient (Wildman–Crippen LogP) is 3.94. The second-order valence-electron chi connectivity index (χ2n) is 6.68. The van der Waals surface area contributed by atoms with Crippen molar-refractivity contribution in [2.75, 3.05) is 19.0 Å². The Morgan fingerprint density at radius 3 is 2.36 bits per heavy atom. The summed E-state index contributed by atoms with van der Waals surface area (Å²) in [5.41, 5.74) is 0.639. The molecule has 0 bridgehead atoms. The first kappa shape index (κ1) is 18.5. The first-order valence-corrected chi connectivity index (χ1v) is 8.01. The Bertz CT molecular complexity index is 762. The molecule has 5 nitrogen and oxygen atoms in total. The largest absolute Gasteiger partial charge is 0.497 e. The highest BCUT2D eigenvalue weighted by Gasteiger charge is 2.21. The van der Waals surface area contributed by atoms with Crippen molar-refractivity contribution in [1.29, 1.82) is 0 Å². The number of anilines is 1. The van der Waals surface area contributed by atoms with Gasteiger partial charge in [-0.05, 0) is 30.3 Å². The third-order valence-corrected chi connectivity index (χ3v) is 3.63. The molecule has 2 rings (SSSR count). The molecule has 1 amide bonds. The number of hydrogen-bond donors (Lipinski definition) is 1. The highest BCUT2D eigenvalue weighted by Crippen LogP contribution is 2.21. The Balaban J connectivity index is 2.03. The summed E-state index contributed by atoms with van der Waals surface area (Å²) in [6.45, 7) is 5.55.